The molecule has 5 nitrogen and oxygen atoms in total. The van der Waals surface area contributed by atoms with Crippen LogP contribution in [0, 0.1) is 11.3 Å². The standard InChI is InChI=1S/C19H19N3O2/c1-3-13(2)15-9-5-7-11-17(15)22-19(24)18(23)21-16-10-6-4-8-14(16)12-20/h4-11,13H,3H2,1-2H3,(H,21,23)(H,22,24). The molecule has 1 unspecified atom stereocenters. The minimum atomic E-state index is -0.809. The number of nitriles is 1. The molecule has 0 aliphatic heterocycles. The van der Waals surface area contributed by atoms with Crippen molar-refractivity contribution in [1.82, 2.24) is 0 Å². The average molecular weight is 321 g/mol. The first-order valence-electron chi connectivity index (χ1n) is 7.77. The Bertz CT molecular complexity index is 793. The second kappa shape index (κ2) is 7.93. The first kappa shape index (κ1) is 17.2. The number of rotatable bonds is 4. The van der Waals surface area contributed by atoms with Gasteiger partial charge in [-0.15, -0.1) is 0 Å². The van der Waals surface area contributed by atoms with Crippen molar-refractivity contribution < 1.29 is 9.59 Å². The molecule has 0 aliphatic carbocycles. The molecule has 0 aromatic heterocycles. The summed E-state index contributed by atoms with van der Waals surface area (Å²) >= 11 is 0. The zero-order valence-corrected chi connectivity index (χ0v) is 13.7. The van der Waals surface area contributed by atoms with Crippen LogP contribution in [-0.4, -0.2) is 11.8 Å². The molecule has 5 heteroatoms. The predicted octanol–water partition coefficient (Wildman–Crippen LogP) is 3.65. The van der Waals surface area contributed by atoms with Gasteiger partial charge < -0.3 is 10.6 Å². The van der Waals surface area contributed by atoms with Crippen LogP contribution in [0.25, 0.3) is 0 Å². The number of benzene rings is 2. The second-order valence-electron chi connectivity index (χ2n) is 5.46. The van der Waals surface area contributed by atoms with Crippen molar-refractivity contribution in [3.63, 3.8) is 0 Å². The summed E-state index contributed by atoms with van der Waals surface area (Å²) in [5.41, 5.74) is 2.23. The third-order valence-electron chi connectivity index (χ3n) is 3.85. The number of nitrogens with one attached hydrogen (secondary N) is 2. The lowest BCUT2D eigenvalue weighted by atomic mass is 9.97. The summed E-state index contributed by atoms with van der Waals surface area (Å²) in [7, 11) is 0. The molecule has 0 bridgehead atoms. The Balaban J connectivity index is 2.13. The van der Waals surface area contributed by atoms with E-state index in [4.69, 9.17) is 5.26 Å². The number of carbonyl (C=O) groups is 2. The normalized spacial score (nSPS) is 11.2. The van der Waals surface area contributed by atoms with Gasteiger partial charge in [-0.05, 0) is 36.1 Å². The fourth-order valence-electron chi connectivity index (χ4n) is 2.31. The Labute approximate surface area is 141 Å². The van der Waals surface area contributed by atoms with Crippen molar-refractivity contribution in [3.05, 3.63) is 59.7 Å². The largest absolute Gasteiger partial charge is 0.318 e. The van der Waals surface area contributed by atoms with E-state index < -0.39 is 11.8 Å². The van der Waals surface area contributed by atoms with Gasteiger partial charge in [0.1, 0.15) is 6.07 Å². The van der Waals surface area contributed by atoms with Crippen LogP contribution in [0.2, 0.25) is 0 Å². The van der Waals surface area contributed by atoms with Crippen molar-refractivity contribution >= 4 is 23.2 Å². The second-order valence-corrected chi connectivity index (χ2v) is 5.46. The maximum absolute atomic E-state index is 12.2. The molecule has 0 saturated carbocycles. The summed E-state index contributed by atoms with van der Waals surface area (Å²) in [5.74, 6) is -1.31. The SMILES string of the molecule is CCC(C)c1ccccc1NC(=O)C(=O)Nc1ccccc1C#N. The molecule has 0 spiro atoms. The van der Waals surface area contributed by atoms with E-state index in [1.165, 1.54) is 0 Å². The summed E-state index contributed by atoms with van der Waals surface area (Å²) in [6.45, 7) is 4.13. The minimum absolute atomic E-state index is 0.267. The molecule has 2 aromatic rings. The van der Waals surface area contributed by atoms with E-state index in [2.05, 4.69) is 24.5 Å². The summed E-state index contributed by atoms with van der Waals surface area (Å²) < 4.78 is 0. The van der Waals surface area contributed by atoms with Gasteiger partial charge in [0.25, 0.3) is 0 Å². The number of carbonyl (C=O) groups excluding carboxylic acids is 2. The van der Waals surface area contributed by atoms with E-state index in [1.54, 1.807) is 30.3 Å². The molecule has 0 aliphatic rings. The van der Waals surface area contributed by atoms with Gasteiger partial charge in [0, 0.05) is 5.69 Å². The highest BCUT2D eigenvalue weighted by Gasteiger charge is 2.18. The molecular formula is C19H19N3O2. The highest BCUT2D eigenvalue weighted by atomic mass is 16.2. The molecule has 0 fully saturated rings. The zero-order valence-electron chi connectivity index (χ0n) is 13.7. The lowest BCUT2D eigenvalue weighted by Gasteiger charge is -2.15. The highest BCUT2D eigenvalue weighted by Crippen LogP contribution is 2.26. The number of hydrogen-bond donors (Lipinski definition) is 2. The minimum Gasteiger partial charge on any atom is -0.318 e. The van der Waals surface area contributed by atoms with Gasteiger partial charge in [-0.2, -0.15) is 5.26 Å². The van der Waals surface area contributed by atoms with Crippen LogP contribution in [0.15, 0.2) is 48.5 Å². The zero-order chi connectivity index (χ0) is 17.5. The van der Waals surface area contributed by atoms with E-state index in [1.807, 2.05) is 24.3 Å². The molecule has 122 valence electrons. The molecule has 2 rings (SSSR count). The molecule has 0 heterocycles. The van der Waals surface area contributed by atoms with Crippen LogP contribution in [0.3, 0.4) is 0 Å². The third kappa shape index (κ3) is 3.99. The molecule has 2 amide bonds. The Hall–Kier alpha value is -3.13. The monoisotopic (exact) mass is 321 g/mol. The van der Waals surface area contributed by atoms with Crippen molar-refractivity contribution in [3.8, 4) is 6.07 Å². The smallest absolute Gasteiger partial charge is 0.314 e. The summed E-state index contributed by atoms with van der Waals surface area (Å²) in [6.07, 6.45) is 0.925. The van der Waals surface area contributed by atoms with E-state index in [9.17, 15) is 9.59 Å². The van der Waals surface area contributed by atoms with Crippen molar-refractivity contribution in [2.75, 3.05) is 10.6 Å². The van der Waals surface area contributed by atoms with Gasteiger partial charge in [0.2, 0.25) is 0 Å². The van der Waals surface area contributed by atoms with Gasteiger partial charge in [-0.1, -0.05) is 44.2 Å². The van der Waals surface area contributed by atoms with Crippen LogP contribution in [0.4, 0.5) is 11.4 Å². The number of amides is 2. The van der Waals surface area contributed by atoms with Crippen LogP contribution in [0.1, 0.15) is 37.3 Å². The van der Waals surface area contributed by atoms with Crippen LogP contribution in [0.5, 0.6) is 0 Å². The first-order valence-corrected chi connectivity index (χ1v) is 7.77. The van der Waals surface area contributed by atoms with Crippen LogP contribution >= 0.6 is 0 Å². The maximum Gasteiger partial charge on any atom is 0.314 e. The van der Waals surface area contributed by atoms with Crippen molar-refractivity contribution in [1.29, 1.82) is 5.26 Å². The van der Waals surface area contributed by atoms with Gasteiger partial charge in [-0.25, -0.2) is 0 Å². The molecule has 0 saturated heterocycles. The summed E-state index contributed by atoms with van der Waals surface area (Å²) in [4.78, 5) is 24.3. The van der Waals surface area contributed by atoms with E-state index >= 15 is 0 Å². The lowest BCUT2D eigenvalue weighted by molar-refractivity contribution is -0.133. The van der Waals surface area contributed by atoms with Crippen LogP contribution < -0.4 is 10.6 Å². The Morgan fingerprint density at radius 3 is 2.17 bits per heavy atom. The van der Waals surface area contributed by atoms with Crippen molar-refractivity contribution in [2.24, 2.45) is 0 Å². The first-order chi connectivity index (χ1) is 11.6. The fourth-order valence-corrected chi connectivity index (χ4v) is 2.31. The molecule has 0 radical (unpaired) electrons. The van der Waals surface area contributed by atoms with Crippen LogP contribution in [-0.2, 0) is 9.59 Å². The van der Waals surface area contributed by atoms with E-state index in [0.29, 0.717) is 16.9 Å². The van der Waals surface area contributed by atoms with Gasteiger partial charge in [-0.3, -0.25) is 9.59 Å². The Morgan fingerprint density at radius 1 is 1.00 bits per heavy atom. The number of hydrogen-bond acceptors (Lipinski definition) is 3. The number of para-hydroxylation sites is 2. The van der Waals surface area contributed by atoms with E-state index in [0.717, 1.165) is 12.0 Å². The molecule has 24 heavy (non-hydrogen) atoms. The molecule has 2 N–H and O–H groups in total. The van der Waals surface area contributed by atoms with Crippen molar-refractivity contribution in [2.45, 2.75) is 26.2 Å². The molecule has 1 atom stereocenters. The number of nitrogens with zero attached hydrogens (tertiary/aromatic N) is 1. The topological polar surface area (TPSA) is 82.0 Å². The average Bonchev–Trinajstić information content (AvgIpc) is 2.61. The quantitative estimate of drug-likeness (QED) is 0.843. The van der Waals surface area contributed by atoms with Gasteiger partial charge in [0.15, 0.2) is 0 Å². The lowest BCUT2D eigenvalue weighted by Crippen LogP contribution is -2.29. The van der Waals surface area contributed by atoms with E-state index in [-0.39, 0.29) is 5.92 Å². The molecule has 2 aromatic carbocycles. The number of anilines is 2. The Kier molecular flexibility index (Phi) is 5.69. The summed E-state index contributed by atoms with van der Waals surface area (Å²) in [5, 5.41) is 14.1. The maximum atomic E-state index is 12.2. The summed E-state index contributed by atoms with van der Waals surface area (Å²) in [6, 6.07) is 15.9. The Morgan fingerprint density at radius 2 is 1.54 bits per heavy atom. The third-order valence-corrected chi connectivity index (χ3v) is 3.85. The highest BCUT2D eigenvalue weighted by molar-refractivity contribution is 6.43. The van der Waals surface area contributed by atoms with Gasteiger partial charge in [0.05, 0.1) is 11.3 Å². The predicted molar refractivity (Wildman–Crippen MR) is 93.6 cm³/mol. The fraction of sp³-hybridized carbons (Fsp3) is 0.211. The van der Waals surface area contributed by atoms with Gasteiger partial charge >= 0.3 is 11.8 Å². The molecular weight excluding hydrogens is 302 g/mol.